The Hall–Kier alpha value is -1.30. The molecule has 1 aromatic carbocycles. The van der Waals surface area contributed by atoms with E-state index in [1.807, 2.05) is 19.1 Å². The van der Waals surface area contributed by atoms with Crippen LogP contribution in [0.2, 0.25) is 36.3 Å². The summed E-state index contributed by atoms with van der Waals surface area (Å²) in [6, 6.07) is 17.0. The molecular formula is C35H62O6Si2. The van der Waals surface area contributed by atoms with Crippen molar-refractivity contribution in [3.8, 4) is 0 Å². The van der Waals surface area contributed by atoms with Gasteiger partial charge in [-0.05, 0) is 54.8 Å². The number of ether oxygens (including phenoxy) is 3. The summed E-state index contributed by atoms with van der Waals surface area (Å²) in [5, 5.41) is 0. The molecule has 43 heavy (non-hydrogen) atoms. The highest BCUT2D eigenvalue weighted by molar-refractivity contribution is 6.74. The summed E-state index contributed by atoms with van der Waals surface area (Å²) in [6.07, 6.45) is 3.26. The fourth-order valence-corrected chi connectivity index (χ4v) is 12.5. The summed E-state index contributed by atoms with van der Waals surface area (Å²) < 4.78 is 32.3. The predicted molar refractivity (Wildman–Crippen MR) is 182 cm³/mol. The second kappa shape index (κ2) is 18.6. The van der Waals surface area contributed by atoms with Crippen molar-refractivity contribution in [2.75, 3.05) is 13.2 Å². The number of epoxide rings is 1. The van der Waals surface area contributed by atoms with Crippen LogP contribution < -0.4 is 0 Å². The van der Waals surface area contributed by atoms with Crippen molar-refractivity contribution in [3.05, 3.63) is 48.0 Å². The van der Waals surface area contributed by atoms with Crippen molar-refractivity contribution < 1.29 is 27.9 Å². The third kappa shape index (κ3) is 10.9. The Kier molecular flexibility index (Phi) is 16.4. The van der Waals surface area contributed by atoms with Crippen molar-refractivity contribution in [1.82, 2.24) is 0 Å². The topological polar surface area (TPSA) is 66.5 Å². The van der Waals surface area contributed by atoms with E-state index in [-0.39, 0.29) is 48.1 Å². The van der Waals surface area contributed by atoms with Gasteiger partial charge in [-0.15, -0.1) is 0 Å². The Labute approximate surface area is 265 Å². The Morgan fingerprint density at radius 2 is 1.37 bits per heavy atom. The highest BCUT2D eigenvalue weighted by Gasteiger charge is 2.50. The van der Waals surface area contributed by atoms with Gasteiger partial charge in [0.2, 0.25) is 0 Å². The van der Waals surface area contributed by atoms with Crippen LogP contribution in [-0.4, -0.2) is 60.2 Å². The van der Waals surface area contributed by atoms with Crippen LogP contribution in [0.25, 0.3) is 0 Å². The lowest BCUT2D eigenvalue weighted by atomic mass is 9.82. The van der Waals surface area contributed by atoms with E-state index in [2.05, 4.69) is 86.6 Å². The van der Waals surface area contributed by atoms with Gasteiger partial charge < -0.3 is 23.1 Å². The molecule has 0 saturated carbocycles. The lowest BCUT2D eigenvalue weighted by Gasteiger charge is -2.45. The van der Waals surface area contributed by atoms with Gasteiger partial charge in [-0.1, -0.05) is 92.6 Å². The number of carbonyl (C=O) groups is 1. The largest absolute Gasteiger partial charge is 0.463 e. The molecule has 1 aromatic rings. The Morgan fingerprint density at radius 3 is 1.88 bits per heavy atom. The van der Waals surface area contributed by atoms with Gasteiger partial charge in [0.1, 0.15) is 6.10 Å². The van der Waals surface area contributed by atoms with Crippen LogP contribution in [0.15, 0.2) is 42.5 Å². The molecule has 0 radical (unpaired) electrons. The Morgan fingerprint density at radius 1 is 0.837 bits per heavy atom. The van der Waals surface area contributed by atoms with E-state index in [9.17, 15) is 4.79 Å². The van der Waals surface area contributed by atoms with Crippen molar-refractivity contribution in [2.45, 2.75) is 137 Å². The SMILES string of the molecule is CCOC(=O)/C=C/[C@@H]1O[C@H]1[C@H](C)[C@H](O[Si](CC)(CC)CC)[C@H](C)[C@@H](O[Si](CC)(CC)CC)[C@@H](C)COCc1ccccc1. The molecule has 0 spiro atoms. The molecule has 0 unspecified atom stereocenters. The minimum Gasteiger partial charge on any atom is -0.463 e. The normalized spacial score (nSPS) is 20.9. The summed E-state index contributed by atoms with van der Waals surface area (Å²) >= 11 is 0. The van der Waals surface area contributed by atoms with Gasteiger partial charge in [0.05, 0.1) is 38.1 Å². The first-order valence-electron chi connectivity index (χ1n) is 17.1. The van der Waals surface area contributed by atoms with E-state index in [0.717, 1.165) is 36.3 Å². The van der Waals surface area contributed by atoms with E-state index in [0.29, 0.717) is 19.8 Å². The highest BCUT2D eigenvalue weighted by atomic mass is 28.4. The van der Waals surface area contributed by atoms with Gasteiger partial charge in [0, 0.05) is 23.8 Å². The zero-order valence-electron chi connectivity index (χ0n) is 28.9. The van der Waals surface area contributed by atoms with Gasteiger partial charge >= 0.3 is 5.97 Å². The zero-order valence-corrected chi connectivity index (χ0v) is 30.9. The molecule has 0 bridgehead atoms. The molecule has 0 amide bonds. The quantitative estimate of drug-likeness (QED) is 0.0550. The Balaban J connectivity index is 2.38. The lowest BCUT2D eigenvalue weighted by molar-refractivity contribution is -0.137. The fraction of sp³-hybridized carbons (Fsp3) is 0.743. The number of rotatable bonds is 22. The molecule has 1 fully saturated rings. The standard InChI is InChI=1S/C35H62O6Si2/c1-11-38-32(36)24-23-31-35(39-31)29(10)34(41-43(15-5,16-6)17-7)28(9)33(40-42(12-2,13-3)14-4)27(8)25-37-26-30-21-19-18-20-22-30/h18-24,27-29,31,33-35H,11-17,25-26H2,1-10H3/b24-23+/t27-,28+,29+,31-,33-,34+,35-/m0/s1. The first-order valence-corrected chi connectivity index (χ1v) is 22.1. The minimum atomic E-state index is -1.95. The molecule has 1 saturated heterocycles. The van der Waals surface area contributed by atoms with E-state index >= 15 is 0 Å². The first kappa shape index (κ1) is 37.9. The maximum absolute atomic E-state index is 11.9. The monoisotopic (exact) mass is 634 g/mol. The molecule has 2 rings (SSSR count). The summed E-state index contributed by atoms with van der Waals surface area (Å²) in [4.78, 5) is 11.9. The van der Waals surface area contributed by atoms with E-state index in [1.54, 1.807) is 0 Å². The molecule has 1 aliphatic heterocycles. The molecule has 0 aliphatic carbocycles. The molecule has 246 valence electrons. The van der Waals surface area contributed by atoms with Crippen LogP contribution in [0.4, 0.5) is 0 Å². The van der Waals surface area contributed by atoms with Crippen molar-refractivity contribution in [1.29, 1.82) is 0 Å². The number of benzene rings is 1. The second-order valence-electron chi connectivity index (χ2n) is 12.5. The average Bonchev–Trinajstić information content (AvgIpc) is 3.82. The van der Waals surface area contributed by atoms with Gasteiger partial charge in [-0.25, -0.2) is 4.79 Å². The number of esters is 1. The summed E-state index contributed by atoms with van der Waals surface area (Å²) in [7, 11) is -3.88. The molecule has 1 aliphatic rings. The van der Waals surface area contributed by atoms with Gasteiger partial charge in [0.15, 0.2) is 16.6 Å². The van der Waals surface area contributed by atoms with Crippen molar-refractivity contribution in [2.24, 2.45) is 17.8 Å². The van der Waals surface area contributed by atoms with Crippen LogP contribution >= 0.6 is 0 Å². The maximum atomic E-state index is 11.9. The maximum Gasteiger partial charge on any atom is 0.330 e. The Bertz CT molecular complexity index is 932. The van der Waals surface area contributed by atoms with Crippen molar-refractivity contribution >= 4 is 22.6 Å². The number of carbonyl (C=O) groups excluding carboxylic acids is 1. The van der Waals surface area contributed by atoms with Crippen LogP contribution in [0.5, 0.6) is 0 Å². The van der Waals surface area contributed by atoms with Crippen LogP contribution in [-0.2, 0) is 34.5 Å². The van der Waals surface area contributed by atoms with E-state index in [4.69, 9.17) is 23.1 Å². The molecule has 8 heteroatoms. The third-order valence-electron chi connectivity index (χ3n) is 10.0. The van der Waals surface area contributed by atoms with Crippen LogP contribution in [0.3, 0.4) is 0 Å². The summed E-state index contributed by atoms with van der Waals surface area (Å²) in [5.41, 5.74) is 1.19. The van der Waals surface area contributed by atoms with E-state index < -0.39 is 16.6 Å². The van der Waals surface area contributed by atoms with Crippen LogP contribution in [0.1, 0.15) is 74.8 Å². The molecule has 7 atom stereocenters. The van der Waals surface area contributed by atoms with E-state index in [1.165, 1.54) is 11.6 Å². The fourth-order valence-electron chi connectivity index (χ4n) is 6.50. The molecule has 1 heterocycles. The highest BCUT2D eigenvalue weighted by Crippen LogP contribution is 2.41. The van der Waals surface area contributed by atoms with Gasteiger partial charge in [-0.2, -0.15) is 0 Å². The van der Waals surface area contributed by atoms with Gasteiger partial charge in [-0.3, -0.25) is 0 Å². The van der Waals surface area contributed by atoms with Crippen molar-refractivity contribution in [3.63, 3.8) is 0 Å². The number of hydrogen-bond donors (Lipinski definition) is 0. The second-order valence-corrected chi connectivity index (χ2v) is 22.0. The average molecular weight is 635 g/mol. The summed E-state index contributed by atoms with van der Waals surface area (Å²) in [5.74, 6) is 0.178. The first-order chi connectivity index (χ1) is 20.6. The third-order valence-corrected chi connectivity index (χ3v) is 19.3. The van der Waals surface area contributed by atoms with Crippen LogP contribution in [0, 0.1) is 17.8 Å². The summed E-state index contributed by atoms with van der Waals surface area (Å²) in [6.45, 7) is 24.1. The molecule has 6 nitrogen and oxygen atoms in total. The predicted octanol–water partition coefficient (Wildman–Crippen LogP) is 8.78. The van der Waals surface area contributed by atoms with Gasteiger partial charge in [0.25, 0.3) is 0 Å². The molecular weight excluding hydrogens is 573 g/mol. The minimum absolute atomic E-state index is 0.00575. The molecule has 0 N–H and O–H groups in total. The smallest absolute Gasteiger partial charge is 0.330 e. The lowest BCUT2D eigenvalue weighted by Crippen LogP contribution is -2.52. The molecule has 0 aromatic heterocycles. The zero-order chi connectivity index (χ0) is 32.0. The number of hydrogen-bond acceptors (Lipinski definition) is 6.